The van der Waals surface area contributed by atoms with Gasteiger partial charge in [-0.25, -0.2) is 0 Å². The minimum atomic E-state index is -1.10. The number of nitrogens with zero attached hydrogens (tertiary/aromatic N) is 4. The zero-order valence-corrected chi connectivity index (χ0v) is 20.9. The number of carbonyl (C=O) groups is 2. The standard InChI is InChI=1S/C23H20Cl2N4O4S/c1-4-17(30)29-16-9-7-6-8-13(16)19-21(26-23(34-3)28-27-19)33-22(29)14-10-12(24)11-15(25)20(14)32-18(31)5-2/h6-11,22H,4-5H2,1-3H3/t22-/m1/s1. The van der Waals surface area contributed by atoms with E-state index in [2.05, 4.69) is 15.2 Å². The number of aromatic nitrogens is 3. The zero-order valence-electron chi connectivity index (χ0n) is 18.5. The van der Waals surface area contributed by atoms with E-state index in [4.69, 9.17) is 32.7 Å². The third-order valence-corrected chi connectivity index (χ3v) is 6.11. The van der Waals surface area contributed by atoms with Crippen molar-refractivity contribution in [2.75, 3.05) is 11.2 Å². The van der Waals surface area contributed by atoms with Crippen LogP contribution in [0.5, 0.6) is 11.6 Å². The summed E-state index contributed by atoms with van der Waals surface area (Å²) < 4.78 is 11.9. The van der Waals surface area contributed by atoms with Crippen molar-refractivity contribution < 1.29 is 19.1 Å². The number of esters is 1. The fourth-order valence-corrected chi connectivity index (χ4v) is 4.34. The van der Waals surface area contributed by atoms with Crippen LogP contribution in [0.1, 0.15) is 38.5 Å². The molecule has 0 N–H and O–H groups in total. The number of hydrogen-bond donors (Lipinski definition) is 0. The van der Waals surface area contributed by atoms with Gasteiger partial charge in [-0.1, -0.05) is 67.0 Å². The average Bonchev–Trinajstić information content (AvgIpc) is 2.99. The number of thioether (sulfide) groups is 1. The van der Waals surface area contributed by atoms with Crippen LogP contribution in [0.25, 0.3) is 11.3 Å². The van der Waals surface area contributed by atoms with Crippen molar-refractivity contribution in [3.05, 3.63) is 52.0 Å². The van der Waals surface area contributed by atoms with E-state index in [0.717, 1.165) is 0 Å². The molecule has 0 fully saturated rings. The smallest absolute Gasteiger partial charge is 0.310 e. The molecule has 1 aliphatic rings. The lowest BCUT2D eigenvalue weighted by molar-refractivity contribution is -0.134. The number of para-hydroxylation sites is 1. The van der Waals surface area contributed by atoms with E-state index in [1.165, 1.54) is 22.7 Å². The number of ether oxygens (including phenoxy) is 2. The highest BCUT2D eigenvalue weighted by molar-refractivity contribution is 7.98. The van der Waals surface area contributed by atoms with E-state index in [1.54, 1.807) is 32.0 Å². The van der Waals surface area contributed by atoms with Gasteiger partial charge in [0.25, 0.3) is 0 Å². The van der Waals surface area contributed by atoms with Gasteiger partial charge in [0.05, 0.1) is 16.3 Å². The van der Waals surface area contributed by atoms with Gasteiger partial charge in [0.2, 0.25) is 23.2 Å². The molecule has 1 amide bonds. The van der Waals surface area contributed by atoms with Gasteiger partial charge >= 0.3 is 5.97 Å². The highest BCUT2D eigenvalue weighted by Crippen LogP contribution is 2.47. The molecule has 2 aromatic carbocycles. The van der Waals surface area contributed by atoms with Crippen LogP contribution >= 0.6 is 35.0 Å². The fraction of sp³-hybridized carbons (Fsp3) is 0.261. The Bertz CT molecular complexity index is 1270. The van der Waals surface area contributed by atoms with Crippen molar-refractivity contribution in [3.8, 4) is 22.9 Å². The number of fused-ring (bicyclic) bond motifs is 3. The number of amides is 1. The number of anilines is 1. The molecular weight excluding hydrogens is 499 g/mol. The molecule has 176 valence electrons. The largest absolute Gasteiger partial charge is 0.447 e. The molecule has 0 spiro atoms. The normalized spacial score (nSPS) is 14.5. The van der Waals surface area contributed by atoms with Crippen LogP contribution in [0.2, 0.25) is 10.0 Å². The Morgan fingerprint density at radius 1 is 1.15 bits per heavy atom. The number of carbonyl (C=O) groups excluding carboxylic acids is 2. The third-order valence-electron chi connectivity index (χ3n) is 5.07. The zero-order chi connectivity index (χ0) is 24.4. The SMILES string of the molecule is CCC(=O)Oc1c(Cl)cc(Cl)cc1[C@H]1Oc2nc(SC)nnc2-c2ccccc2N1C(=O)CC. The van der Waals surface area contributed by atoms with Crippen LogP contribution in [0.15, 0.2) is 41.6 Å². The maximum atomic E-state index is 13.3. The van der Waals surface area contributed by atoms with E-state index in [9.17, 15) is 9.59 Å². The molecule has 8 nitrogen and oxygen atoms in total. The van der Waals surface area contributed by atoms with Crippen molar-refractivity contribution in [2.45, 2.75) is 38.1 Å². The summed E-state index contributed by atoms with van der Waals surface area (Å²) in [6.45, 7) is 3.41. The Labute approximate surface area is 210 Å². The molecule has 34 heavy (non-hydrogen) atoms. The highest BCUT2D eigenvalue weighted by Gasteiger charge is 2.37. The van der Waals surface area contributed by atoms with Crippen molar-refractivity contribution in [1.29, 1.82) is 0 Å². The van der Waals surface area contributed by atoms with E-state index < -0.39 is 12.2 Å². The molecule has 3 aromatic rings. The quantitative estimate of drug-likeness (QED) is 0.240. The molecule has 1 aliphatic heterocycles. The Morgan fingerprint density at radius 3 is 2.62 bits per heavy atom. The second kappa shape index (κ2) is 10.2. The molecule has 0 unspecified atom stereocenters. The Morgan fingerprint density at radius 2 is 1.91 bits per heavy atom. The van der Waals surface area contributed by atoms with Crippen LogP contribution in [0.3, 0.4) is 0 Å². The third kappa shape index (κ3) is 4.55. The van der Waals surface area contributed by atoms with Crippen LogP contribution in [-0.4, -0.2) is 33.3 Å². The van der Waals surface area contributed by atoms with Gasteiger partial charge in [0.1, 0.15) is 0 Å². The van der Waals surface area contributed by atoms with Crippen molar-refractivity contribution >= 4 is 52.5 Å². The lowest BCUT2D eigenvalue weighted by Gasteiger charge is -2.31. The molecule has 2 heterocycles. The predicted molar refractivity (Wildman–Crippen MR) is 131 cm³/mol. The van der Waals surface area contributed by atoms with Crippen LogP contribution in [0, 0.1) is 0 Å². The Balaban J connectivity index is 2.02. The minimum absolute atomic E-state index is 0.0601. The van der Waals surface area contributed by atoms with Gasteiger partial charge in [-0.2, -0.15) is 4.98 Å². The summed E-state index contributed by atoms with van der Waals surface area (Å²) in [6, 6.07) is 10.2. The summed E-state index contributed by atoms with van der Waals surface area (Å²) in [5.74, 6) is -0.508. The monoisotopic (exact) mass is 518 g/mol. The van der Waals surface area contributed by atoms with E-state index in [-0.39, 0.29) is 40.4 Å². The summed E-state index contributed by atoms with van der Waals surface area (Å²) in [5, 5.41) is 9.26. The molecule has 0 bridgehead atoms. The molecule has 0 saturated carbocycles. The summed E-state index contributed by atoms with van der Waals surface area (Å²) in [7, 11) is 0. The van der Waals surface area contributed by atoms with Gasteiger partial charge in [0.15, 0.2) is 11.4 Å². The predicted octanol–water partition coefficient (Wildman–Crippen LogP) is 5.72. The average molecular weight is 519 g/mol. The first-order valence-electron chi connectivity index (χ1n) is 10.4. The summed E-state index contributed by atoms with van der Waals surface area (Å²) in [5.41, 5.74) is 1.84. The fourth-order valence-electron chi connectivity index (χ4n) is 3.50. The number of rotatable bonds is 5. The van der Waals surface area contributed by atoms with Crippen molar-refractivity contribution in [2.24, 2.45) is 0 Å². The first kappa shape index (κ1) is 24.3. The van der Waals surface area contributed by atoms with Gasteiger partial charge in [0, 0.05) is 23.4 Å². The maximum absolute atomic E-state index is 13.3. The summed E-state index contributed by atoms with van der Waals surface area (Å²) in [6.07, 6.45) is 1.02. The Kier molecular flexibility index (Phi) is 7.25. The topological polar surface area (TPSA) is 94.5 Å². The summed E-state index contributed by atoms with van der Waals surface area (Å²) in [4.78, 5) is 31.5. The van der Waals surface area contributed by atoms with E-state index >= 15 is 0 Å². The second-order valence-corrected chi connectivity index (χ2v) is 8.81. The molecule has 1 aromatic heterocycles. The molecule has 0 radical (unpaired) electrons. The van der Waals surface area contributed by atoms with Gasteiger partial charge < -0.3 is 9.47 Å². The van der Waals surface area contributed by atoms with Crippen LogP contribution in [0.4, 0.5) is 5.69 Å². The van der Waals surface area contributed by atoms with Gasteiger partial charge in [-0.15, -0.1) is 10.2 Å². The van der Waals surface area contributed by atoms with E-state index in [1.807, 2.05) is 18.4 Å². The van der Waals surface area contributed by atoms with Gasteiger partial charge in [-0.05, 0) is 24.5 Å². The lowest BCUT2D eigenvalue weighted by atomic mass is 10.1. The summed E-state index contributed by atoms with van der Waals surface area (Å²) >= 11 is 14.1. The Hall–Kier alpha value is -2.88. The minimum Gasteiger partial charge on any atom is -0.447 e. The van der Waals surface area contributed by atoms with Crippen molar-refractivity contribution in [3.63, 3.8) is 0 Å². The lowest BCUT2D eigenvalue weighted by Crippen LogP contribution is -2.37. The maximum Gasteiger partial charge on any atom is 0.310 e. The van der Waals surface area contributed by atoms with Crippen LogP contribution < -0.4 is 14.4 Å². The molecule has 1 atom stereocenters. The highest BCUT2D eigenvalue weighted by atomic mass is 35.5. The molecular formula is C23H20Cl2N4O4S. The van der Waals surface area contributed by atoms with E-state index in [0.29, 0.717) is 27.7 Å². The molecule has 0 saturated heterocycles. The first-order valence-corrected chi connectivity index (χ1v) is 12.4. The second-order valence-electron chi connectivity index (χ2n) is 7.19. The van der Waals surface area contributed by atoms with Crippen LogP contribution in [-0.2, 0) is 9.59 Å². The molecule has 4 rings (SSSR count). The first-order chi connectivity index (χ1) is 16.4. The number of halogens is 2. The number of hydrogen-bond acceptors (Lipinski definition) is 8. The van der Waals surface area contributed by atoms with Gasteiger partial charge in [-0.3, -0.25) is 14.5 Å². The molecule has 11 heteroatoms. The molecule has 0 aliphatic carbocycles. The van der Waals surface area contributed by atoms with Crippen molar-refractivity contribution in [1.82, 2.24) is 15.2 Å². The number of benzene rings is 2.